The fraction of sp³-hybridized carbons (Fsp3) is 0.692. The summed E-state index contributed by atoms with van der Waals surface area (Å²) in [7, 11) is 1.74. The SMILES string of the molecule is COC1CCN(c2nc(C(C)(C)C)c(C=O)s2)C1. The highest BCUT2D eigenvalue weighted by Crippen LogP contribution is 2.34. The van der Waals surface area contributed by atoms with Crippen LogP contribution < -0.4 is 4.90 Å². The lowest BCUT2D eigenvalue weighted by Crippen LogP contribution is -2.22. The minimum absolute atomic E-state index is 0.0919. The van der Waals surface area contributed by atoms with Crippen molar-refractivity contribution in [3.63, 3.8) is 0 Å². The van der Waals surface area contributed by atoms with Crippen LogP contribution in [0.25, 0.3) is 0 Å². The highest BCUT2D eigenvalue weighted by molar-refractivity contribution is 7.17. The predicted octanol–water partition coefficient (Wildman–Crippen LogP) is 2.48. The standard InChI is InChI=1S/C13H20N2O2S/c1-13(2,3)11-10(8-16)18-12(14-11)15-6-5-9(7-15)17-4/h8-9H,5-7H2,1-4H3. The quantitative estimate of drug-likeness (QED) is 0.790. The van der Waals surface area contributed by atoms with Gasteiger partial charge in [0.15, 0.2) is 11.4 Å². The Morgan fingerprint density at radius 2 is 2.22 bits per heavy atom. The third-order valence-electron chi connectivity index (χ3n) is 3.21. The summed E-state index contributed by atoms with van der Waals surface area (Å²) < 4.78 is 5.36. The molecule has 1 fully saturated rings. The number of thiazole rings is 1. The second-order valence-corrected chi connectivity index (χ2v) is 6.68. The molecule has 4 nitrogen and oxygen atoms in total. The average Bonchev–Trinajstić information content (AvgIpc) is 2.94. The number of hydrogen-bond donors (Lipinski definition) is 0. The van der Waals surface area contributed by atoms with Gasteiger partial charge >= 0.3 is 0 Å². The van der Waals surface area contributed by atoms with Gasteiger partial charge in [-0.15, -0.1) is 0 Å². The van der Waals surface area contributed by atoms with E-state index < -0.39 is 0 Å². The fourth-order valence-electron chi connectivity index (χ4n) is 2.17. The van der Waals surface area contributed by atoms with Gasteiger partial charge in [0.2, 0.25) is 0 Å². The molecule has 0 saturated carbocycles. The van der Waals surface area contributed by atoms with E-state index in [1.807, 2.05) is 0 Å². The van der Waals surface area contributed by atoms with Crippen LogP contribution in [0.5, 0.6) is 0 Å². The Labute approximate surface area is 112 Å². The van der Waals surface area contributed by atoms with Gasteiger partial charge in [-0.25, -0.2) is 4.98 Å². The van der Waals surface area contributed by atoms with Gasteiger partial charge < -0.3 is 9.64 Å². The monoisotopic (exact) mass is 268 g/mol. The summed E-state index contributed by atoms with van der Waals surface area (Å²) in [4.78, 5) is 18.8. The molecular weight excluding hydrogens is 248 g/mol. The number of anilines is 1. The normalized spacial score (nSPS) is 20.4. The highest BCUT2D eigenvalue weighted by Gasteiger charge is 2.28. The second kappa shape index (κ2) is 4.97. The number of methoxy groups -OCH3 is 1. The van der Waals surface area contributed by atoms with Crippen molar-refractivity contribution in [1.29, 1.82) is 0 Å². The molecule has 1 aromatic rings. The van der Waals surface area contributed by atoms with Crippen LogP contribution in [0.4, 0.5) is 5.13 Å². The van der Waals surface area contributed by atoms with Gasteiger partial charge in [-0.3, -0.25) is 4.79 Å². The van der Waals surface area contributed by atoms with Crippen molar-refractivity contribution < 1.29 is 9.53 Å². The smallest absolute Gasteiger partial charge is 0.186 e. The lowest BCUT2D eigenvalue weighted by atomic mass is 9.91. The number of ether oxygens (including phenoxy) is 1. The molecule has 1 aliphatic rings. The maximum absolute atomic E-state index is 11.1. The number of carbonyl (C=O) groups excluding carboxylic acids is 1. The van der Waals surface area contributed by atoms with E-state index in [9.17, 15) is 4.79 Å². The third kappa shape index (κ3) is 2.57. The van der Waals surface area contributed by atoms with Gasteiger partial charge in [0, 0.05) is 25.6 Å². The van der Waals surface area contributed by atoms with Crippen LogP contribution >= 0.6 is 11.3 Å². The van der Waals surface area contributed by atoms with Crippen molar-refractivity contribution in [2.75, 3.05) is 25.1 Å². The minimum Gasteiger partial charge on any atom is -0.380 e. The Morgan fingerprint density at radius 1 is 1.50 bits per heavy atom. The molecule has 0 spiro atoms. The Morgan fingerprint density at radius 3 is 2.67 bits per heavy atom. The van der Waals surface area contributed by atoms with Crippen molar-refractivity contribution >= 4 is 22.8 Å². The lowest BCUT2D eigenvalue weighted by molar-refractivity contribution is 0.112. The molecule has 1 unspecified atom stereocenters. The zero-order valence-electron chi connectivity index (χ0n) is 11.4. The summed E-state index contributed by atoms with van der Waals surface area (Å²) in [6, 6.07) is 0. The molecule has 1 aromatic heterocycles. The van der Waals surface area contributed by atoms with E-state index >= 15 is 0 Å². The topological polar surface area (TPSA) is 42.4 Å². The number of aldehydes is 1. The van der Waals surface area contributed by atoms with Crippen LogP contribution in [0, 0.1) is 0 Å². The molecule has 0 aromatic carbocycles. The average molecular weight is 268 g/mol. The van der Waals surface area contributed by atoms with Gasteiger partial charge in [-0.2, -0.15) is 0 Å². The first-order valence-corrected chi connectivity index (χ1v) is 7.01. The van der Waals surface area contributed by atoms with E-state index in [1.165, 1.54) is 11.3 Å². The molecule has 0 aliphatic carbocycles. The Bertz CT molecular complexity index is 437. The van der Waals surface area contributed by atoms with Crippen molar-refractivity contribution in [2.45, 2.75) is 38.7 Å². The Kier molecular flexibility index (Phi) is 3.73. The van der Waals surface area contributed by atoms with Crippen molar-refractivity contribution in [3.05, 3.63) is 10.6 Å². The molecule has 1 aliphatic heterocycles. The summed E-state index contributed by atoms with van der Waals surface area (Å²) in [6.07, 6.45) is 2.23. The van der Waals surface area contributed by atoms with E-state index in [1.54, 1.807) is 7.11 Å². The van der Waals surface area contributed by atoms with E-state index in [0.29, 0.717) is 0 Å². The fourth-order valence-corrected chi connectivity index (χ4v) is 3.29. The zero-order valence-corrected chi connectivity index (χ0v) is 12.2. The van der Waals surface area contributed by atoms with E-state index in [4.69, 9.17) is 4.74 Å². The van der Waals surface area contributed by atoms with Crippen LogP contribution in [0.2, 0.25) is 0 Å². The largest absolute Gasteiger partial charge is 0.380 e. The first-order valence-electron chi connectivity index (χ1n) is 6.20. The predicted molar refractivity (Wildman–Crippen MR) is 73.8 cm³/mol. The van der Waals surface area contributed by atoms with Gasteiger partial charge in [-0.05, 0) is 6.42 Å². The first-order chi connectivity index (χ1) is 8.45. The number of carbonyl (C=O) groups is 1. The molecule has 100 valence electrons. The number of nitrogens with zero attached hydrogens (tertiary/aromatic N) is 2. The summed E-state index contributed by atoms with van der Waals surface area (Å²) in [5, 5.41) is 0.946. The van der Waals surface area contributed by atoms with Gasteiger partial charge in [0.1, 0.15) is 0 Å². The Balaban J connectivity index is 2.25. The van der Waals surface area contributed by atoms with Crippen molar-refractivity contribution in [2.24, 2.45) is 0 Å². The van der Waals surface area contributed by atoms with Crippen molar-refractivity contribution in [3.8, 4) is 0 Å². The van der Waals surface area contributed by atoms with Crippen LogP contribution in [0.15, 0.2) is 0 Å². The lowest BCUT2D eigenvalue weighted by Gasteiger charge is -2.17. The molecule has 1 saturated heterocycles. The molecule has 0 bridgehead atoms. The molecule has 0 N–H and O–H groups in total. The van der Waals surface area contributed by atoms with Crippen LogP contribution in [-0.2, 0) is 10.2 Å². The molecule has 5 heteroatoms. The molecule has 2 rings (SSSR count). The summed E-state index contributed by atoms with van der Waals surface area (Å²) >= 11 is 1.49. The Hall–Kier alpha value is -0.940. The maximum atomic E-state index is 11.1. The maximum Gasteiger partial charge on any atom is 0.186 e. The van der Waals surface area contributed by atoms with Crippen molar-refractivity contribution in [1.82, 2.24) is 4.98 Å². The van der Waals surface area contributed by atoms with Gasteiger partial charge in [0.25, 0.3) is 0 Å². The summed E-state index contributed by atoms with van der Waals surface area (Å²) in [5.74, 6) is 0. The van der Waals surface area contributed by atoms with E-state index in [2.05, 4.69) is 30.7 Å². The van der Waals surface area contributed by atoms with Crippen LogP contribution in [0.1, 0.15) is 42.6 Å². The van der Waals surface area contributed by atoms with Crippen LogP contribution in [-0.4, -0.2) is 37.6 Å². The van der Waals surface area contributed by atoms with Gasteiger partial charge in [0.05, 0.1) is 16.7 Å². The molecule has 1 atom stereocenters. The van der Waals surface area contributed by atoms with E-state index in [-0.39, 0.29) is 11.5 Å². The minimum atomic E-state index is -0.0919. The molecule has 0 radical (unpaired) electrons. The summed E-state index contributed by atoms with van der Waals surface area (Å²) in [5.41, 5.74) is 0.809. The number of rotatable bonds is 3. The highest BCUT2D eigenvalue weighted by atomic mass is 32.1. The van der Waals surface area contributed by atoms with Crippen LogP contribution in [0.3, 0.4) is 0 Å². The molecule has 0 amide bonds. The first kappa shape index (κ1) is 13.5. The molecule has 18 heavy (non-hydrogen) atoms. The number of hydrogen-bond acceptors (Lipinski definition) is 5. The third-order valence-corrected chi connectivity index (χ3v) is 4.25. The zero-order chi connectivity index (χ0) is 13.3. The number of aromatic nitrogens is 1. The van der Waals surface area contributed by atoms with Gasteiger partial charge in [-0.1, -0.05) is 32.1 Å². The van der Waals surface area contributed by atoms with E-state index in [0.717, 1.165) is 41.5 Å². The summed E-state index contributed by atoms with van der Waals surface area (Å²) in [6.45, 7) is 8.07. The molecular formula is C13H20N2O2S. The molecule has 2 heterocycles. The second-order valence-electron chi connectivity index (χ2n) is 5.67.